The molecule has 5 atom stereocenters. The highest BCUT2D eigenvalue weighted by atomic mass is 16.7. The Morgan fingerprint density at radius 2 is 1.69 bits per heavy atom. The summed E-state index contributed by atoms with van der Waals surface area (Å²) >= 11 is 0. The fourth-order valence-electron chi connectivity index (χ4n) is 5.92. The normalized spacial score (nSPS) is 27.2. The Morgan fingerprint density at radius 1 is 0.974 bits per heavy atom. The number of rotatable bonds is 8. The highest BCUT2D eigenvalue weighted by molar-refractivity contribution is 6.07. The molecule has 5 nitrogen and oxygen atoms in total. The zero-order valence-electron chi connectivity index (χ0n) is 24.1. The Labute approximate surface area is 232 Å². The molecule has 2 heterocycles. The van der Waals surface area contributed by atoms with Gasteiger partial charge in [-0.1, -0.05) is 80.6 Å². The molecule has 5 rings (SSSR count). The van der Waals surface area contributed by atoms with Crippen molar-refractivity contribution in [2.75, 3.05) is 0 Å². The van der Waals surface area contributed by atoms with Crippen molar-refractivity contribution in [3.05, 3.63) is 90.2 Å². The summed E-state index contributed by atoms with van der Waals surface area (Å²) in [5.74, 6) is 0. The van der Waals surface area contributed by atoms with Gasteiger partial charge in [0.1, 0.15) is 17.3 Å². The van der Waals surface area contributed by atoms with E-state index in [1.54, 1.807) is 0 Å². The second-order valence-corrected chi connectivity index (χ2v) is 11.4. The standard InChI is InChI=1S/C34H42N2O3/c1-7-33(5)23-31(35-25(4)34(6,8-2)36(33)39-24(3)26-15-10-9-11-16-26)37-22-21-27-17-14-19-29-28-18-12-13-20-30(28)38-32(27)29/h9-22,24-25,31,35H,7-8,23H2,1-6H3/b22-21-. The highest BCUT2D eigenvalue weighted by Gasteiger charge is 2.51. The van der Waals surface area contributed by atoms with Crippen LogP contribution in [-0.4, -0.2) is 28.4 Å². The Bertz CT molecular complexity index is 1430. The number of para-hydroxylation sites is 2. The van der Waals surface area contributed by atoms with Crippen LogP contribution in [-0.2, 0) is 9.57 Å². The van der Waals surface area contributed by atoms with Crippen molar-refractivity contribution in [1.29, 1.82) is 0 Å². The molecule has 0 bridgehead atoms. The van der Waals surface area contributed by atoms with Crippen molar-refractivity contribution in [3.63, 3.8) is 0 Å². The first-order chi connectivity index (χ1) is 18.8. The SMILES string of the molecule is CCC1(C)CC(O/C=C\c2cccc3c2oc2ccccc23)NC(C)C(C)(CC)N1OC(C)c1ccccc1. The summed E-state index contributed by atoms with van der Waals surface area (Å²) in [7, 11) is 0. The molecule has 1 aromatic heterocycles. The maximum absolute atomic E-state index is 6.85. The van der Waals surface area contributed by atoms with Gasteiger partial charge in [-0.2, -0.15) is 5.06 Å². The summed E-state index contributed by atoms with van der Waals surface area (Å²) in [6, 6.07) is 25.0. The Morgan fingerprint density at radius 3 is 2.44 bits per heavy atom. The fourth-order valence-corrected chi connectivity index (χ4v) is 5.92. The summed E-state index contributed by atoms with van der Waals surface area (Å²) in [5, 5.41) is 8.32. The lowest BCUT2D eigenvalue weighted by atomic mass is 9.85. The predicted molar refractivity (Wildman–Crippen MR) is 160 cm³/mol. The van der Waals surface area contributed by atoms with Crippen LogP contribution < -0.4 is 5.32 Å². The van der Waals surface area contributed by atoms with E-state index in [0.717, 1.165) is 46.8 Å². The molecule has 5 heteroatoms. The number of hydrogen-bond acceptors (Lipinski definition) is 5. The van der Waals surface area contributed by atoms with E-state index in [2.05, 4.69) is 100 Å². The van der Waals surface area contributed by atoms with E-state index in [9.17, 15) is 0 Å². The van der Waals surface area contributed by atoms with Crippen LogP contribution in [0.2, 0.25) is 0 Å². The minimum Gasteiger partial charge on any atom is -0.483 e. The molecule has 4 aromatic rings. The van der Waals surface area contributed by atoms with Crippen molar-refractivity contribution in [2.24, 2.45) is 0 Å². The summed E-state index contributed by atoms with van der Waals surface area (Å²) in [6.45, 7) is 13.5. The van der Waals surface area contributed by atoms with E-state index in [-0.39, 0.29) is 29.5 Å². The Kier molecular flexibility index (Phi) is 7.86. The molecule has 1 aliphatic rings. The average Bonchev–Trinajstić information content (AvgIpc) is 3.32. The first kappa shape index (κ1) is 27.4. The number of furan rings is 1. The molecular weight excluding hydrogens is 484 g/mol. The highest BCUT2D eigenvalue weighted by Crippen LogP contribution is 2.41. The molecule has 1 fully saturated rings. The first-order valence-corrected chi connectivity index (χ1v) is 14.3. The van der Waals surface area contributed by atoms with E-state index < -0.39 is 0 Å². The van der Waals surface area contributed by atoms with E-state index in [0.29, 0.717) is 0 Å². The number of hydroxylamine groups is 2. The van der Waals surface area contributed by atoms with Crippen LogP contribution in [0.5, 0.6) is 0 Å². The molecule has 1 N–H and O–H groups in total. The molecule has 3 aromatic carbocycles. The number of hydrogen-bond donors (Lipinski definition) is 1. The summed E-state index contributed by atoms with van der Waals surface area (Å²) < 4.78 is 12.6. The fraction of sp³-hybridized carbons (Fsp3) is 0.412. The zero-order valence-corrected chi connectivity index (χ0v) is 24.1. The van der Waals surface area contributed by atoms with Crippen LogP contribution in [0.1, 0.15) is 78.0 Å². The molecule has 0 aliphatic carbocycles. The second kappa shape index (κ2) is 11.2. The van der Waals surface area contributed by atoms with Gasteiger partial charge < -0.3 is 9.15 Å². The number of ether oxygens (including phenoxy) is 1. The lowest BCUT2D eigenvalue weighted by Gasteiger charge is -2.51. The van der Waals surface area contributed by atoms with Gasteiger partial charge in [-0.05, 0) is 58.2 Å². The van der Waals surface area contributed by atoms with Crippen molar-refractivity contribution >= 4 is 28.0 Å². The lowest BCUT2D eigenvalue weighted by molar-refractivity contribution is -0.301. The van der Waals surface area contributed by atoms with E-state index in [4.69, 9.17) is 14.0 Å². The molecule has 0 spiro atoms. The first-order valence-electron chi connectivity index (χ1n) is 14.3. The Balaban J connectivity index is 1.39. The van der Waals surface area contributed by atoms with Gasteiger partial charge in [0.25, 0.3) is 0 Å². The maximum Gasteiger partial charge on any atom is 0.151 e. The van der Waals surface area contributed by atoms with Crippen LogP contribution in [0.15, 0.2) is 83.5 Å². The quantitative estimate of drug-likeness (QED) is 0.233. The minimum atomic E-state index is -0.233. The van der Waals surface area contributed by atoms with Gasteiger partial charge in [-0.15, -0.1) is 0 Å². The number of nitrogens with zero attached hydrogens (tertiary/aromatic N) is 1. The number of benzene rings is 3. The molecule has 0 amide bonds. The monoisotopic (exact) mass is 526 g/mol. The number of fused-ring (bicyclic) bond motifs is 3. The van der Waals surface area contributed by atoms with Gasteiger partial charge in [0.15, 0.2) is 6.23 Å². The van der Waals surface area contributed by atoms with Crippen molar-refractivity contribution < 1.29 is 14.0 Å². The molecule has 206 valence electrons. The van der Waals surface area contributed by atoms with Gasteiger partial charge in [0.05, 0.1) is 11.8 Å². The van der Waals surface area contributed by atoms with Crippen LogP contribution in [0.25, 0.3) is 28.0 Å². The van der Waals surface area contributed by atoms with Crippen LogP contribution in [0.3, 0.4) is 0 Å². The van der Waals surface area contributed by atoms with E-state index in [1.807, 2.05) is 36.6 Å². The third-order valence-corrected chi connectivity index (χ3v) is 8.88. The van der Waals surface area contributed by atoms with Gasteiger partial charge in [0.2, 0.25) is 0 Å². The molecular formula is C34H42N2O3. The predicted octanol–water partition coefficient (Wildman–Crippen LogP) is 8.61. The molecule has 1 aliphatic heterocycles. The molecule has 0 radical (unpaired) electrons. The van der Waals surface area contributed by atoms with Crippen molar-refractivity contribution in [1.82, 2.24) is 10.4 Å². The zero-order chi connectivity index (χ0) is 27.6. The van der Waals surface area contributed by atoms with Gasteiger partial charge >= 0.3 is 0 Å². The largest absolute Gasteiger partial charge is 0.483 e. The maximum atomic E-state index is 6.85. The van der Waals surface area contributed by atoms with E-state index in [1.165, 1.54) is 5.56 Å². The van der Waals surface area contributed by atoms with E-state index >= 15 is 0 Å². The smallest absolute Gasteiger partial charge is 0.151 e. The topological polar surface area (TPSA) is 46.9 Å². The number of nitrogens with one attached hydrogen (secondary N) is 1. The van der Waals surface area contributed by atoms with Gasteiger partial charge in [0, 0.05) is 34.3 Å². The van der Waals surface area contributed by atoms with Gasteiger partial charge in [-0.3, -0.25) is 10.2 Å². The van der Waals surface area contributed by atoms with Gasteiger partial charge in [-0.25, -0.2) is 0 Å². The van der Waals surface area contributed by atoms with Crippen LogP contribution in [0.4, 0.5) is 0 Å². The molecule has 1 saturated heterocycles. The third kappa shape index (κ3) is 5.23. The minimum absolute atomic E-state index is 0.0585. The summed E-state index contributed by atoms with van der Waals surface area (Å²) in [6.07, 6.45) is 6.25. The summed E-state index contributed by atoms with van der Waals surface area (Å²) in [5.41, 5.74) is 3.50. The Hall–Kier alpha value is -3.12. The molecule has 5 unspecified atom stereocenters. The second-order valence-electron chi connectivity index (χ2n) is 11.4. The van der Waals surface area contributed by atoms with Crippen molar-refractivity contribution in [2.45, 2.75) is 90.3 Å². The third-order valence-electron chi connectivity index (χ3n) is 8.88. The van der Waals surface area contributed by atoms with Crippen LogP contribution >= 0.6 is 0 Å². The summed E-state index contributed by atoms with van der Waals surface area (Å²) in [4.78, 5) is 6.85. The average molecular weight is 527 g/mol. The molecule has 0 saturated carbocycles. The lowest BCUT2D eigenvalue weighted by Crippen LogP contribution is -2.62. The van der Waals surface area contributed by atoms with Crippen molar-refractivity contribution in [3.8, 4) is 0 Å². The molecule has 39 heavy (non-hydrogen) atoms. The van der Waals surface area contributed by atoms with Crippen LogP contribution in [0, 0.1) is 0 Å².